The topological polar surface area (TPSA) is 127 Å². The molecule has 0 aromatic carbocycles. The fourth-order valence-corrected chi connectivity index (χ4v) is 4.85. The summed E-state index contributed by atoms with van der Waals surface area (Å²) in [5, 5.41) is 10.9. The molecule has 1 saturated heterocycles. The molecule has 1 aliphatic heterocycles. The number of carboxylic acids is 1. The minimum Gasteiger partial charge on any atom is -0.479 e. The van der Waals surface area contributed by atoms with Crippen LogP contribution in [0.4, 0.5) is 0 Å². The van der Waals surface area contributed by atoms with E-state index in [4.69, 9.17) is 5.73 Å². The summed E-state index contributed by atoms with van der Waals surface area (Å²) in [6.45, 7) is 1.42. The highest BCUT2D eigenvalue weighted by Crippen LogP contribution is 2.52. The van der Waals surface area contributed by atoms with Crippen LogP contribution >= 0.6 is 0 Å². The number of aliphatic carboxylic acids is 1. The number of nitrogens with two attached hydrogens (primary N) is 1. The zero-order chi connectivity index (χ0) is 13.0. The van der Waals surface area contributed by atoms with Crippen molar-refractivity contribution in [1.82, 2.24) is 5.32 Å². The van der Waals surface area contributed by atoms with Crippen LogP contribution in [-0.4, -0.2) is 48.0 Å². The number of hydrogen-bond donors (Lipinski definition) is 3. The third-order valence-corrected chi connectivity index (χ3v) is 5.70. The summed E-state index contributed by atoms with van der Waals surface area (Å²) >= 11 is 0. The molecule has 2 rings (SSSR count). The predicted octanol–water partition coefficient (Wildman–Crippen LogP) is -1.91. The van der Waals surface area contributed by atoms with Gasteiger partial charge in [-0.15, -0.1) is 0 Å². The van der Waals surface area contributed by atoms with Gasteiger partial charge in [0.25, 0.3) is 0 Å². The van der Waals surface area contributed by atoms with Gasteiger partial charge in [-0.05, 0) is 13.3 Å². The van der Waals surface area contributed by atoms with E-state index in [0.717, 1.165) is 0 Å². The van der Waals surface area contributed by atoms with Crippen molar-refractivity contribution in [3.05, 3.63) is 0 Å². The second-order valence-electron chi connectivity index (χ2n) is 4.74. The molecule has 96 valence electrons. The van der Waals surface area contributed by atoms with Gasteiger partial charge in [0.15, 0.2) is 15.4 Å². The first-order chi connectivity index (χ1) is 7.70. The van der Waals surface area contributed by atoms with Crippen molar-refractivity contribution >= 4 is 21.7 Å². The Morgan fingerprint density at radius 1 is 1.53 bits per heavy atom. The average Bonchev–Trinajstić information content (AvgIpc) is 2.91. The third-order valence-electron chi connectivity index (χ3n) is 3.40. The normalized spacial score (nSPS) is 39.2. The molecule has 0 spiro atoms. The molecular weight excluding hydrogens is 248 g/mol. The van der Waals surface area contributed by atoms with Crippen molar-refractivity contribution in [2.24, 2.45) is 11.7 Å². The number of carbonyl (C=O) groups is 2. The molecule has 0 radical (unpaired) electrons. The van der Waals surface area contributed by atoms with Gasteiger partial charge in [0.2, 0.25) is 5.91 Å². The van der Waals surface area contributed by atoms with Crippen molar-refractivity contribution in [2.75, 3.05) is 5.75 Å². The maximum absolute atomic E-state index is 11.6. The van der Waals surface area contributed by atoms with Crippen molar-refractivity contribution in [2.45, 2.75) is 30.2 Å². The van der Waals surface area contributed by atoms with Gasteiger partial charge in [0, 0.05) is 5.92 Å². The van der Waals surface area contributed by atoms with Crippen LogP contribution in [0.25, 0.3) is 0 Å². The van der Waals surface area contributed by atoms with Crippen LogP contribution in [0.15, 0.2) is 0 Å². The Kier molecular flexibility index (Phi) is 2.48. The lowest BCUT2D eigenvalue weighted by Gasteiger charge is -2.27. The summed E-state index contributed by atoms with van der Waals surface area (Å²) in [7, 11) is -3.41. The van der Waals surface area contributed by atoms with E-state index in [2.05, 4.69) is 5.32 Å². The number of sulfone groups is 1. The van der Waals surface area contributed by atoms with Crippen molar-refractivity contribution in [3.8, 4) is 0 Å². The highest BCUT2D eigenvalue weighted by Gasteiger charge is 2.70. The Bertz CT molecular complexity index is 486. The molecule has 0 unspecified atom stereocenters. The SMILES string of the molecule is C[C@H](N)C(=O)N[C@@]1(C(=O)O)CS(=O)(=O)[C@H]2C[C@H]21. The number of amides is 1. The predicted molar refractivity (Wildman–Crippen MR) is 57.8 cm³/mol. The van der Waals surface area contributed by atoms with Gasteiger partial charge < -0.3 is 16.2 Å². The van der Waals surface area contributed by atoms with Gasteiger partial charge in [-0.1, -0.05) is 0 Å². The monoisotopic (exact) mass is 262 g/mol. The van der Waals surface area contributed by atoms with E-state index in [-0.39, 0.29) is 0 Å². The summed E-state index contributed by atoms with van der Waals surface area (Å²) in [5.41, 5.74) is 3.66. The van der Waals surface area contributed by atoms with Gasteiger partial charge in [-0.3, -0.25) is 4.79 Å². The van der Waals surface area contributed by atoms with Crippen molar-refractivity contribution in [1.29, 1.82) is 0 Å². The zero-order valence-electron chi connectivity index (χ0n) is 9.21. The summed E-state index contributed by atoms with van der Waals surface area (Å²) in [6.07, 6.45) is 0.299. The van der Waals surface area contributed by atoms with Crippen LogP contribution in [0, 0.1) is 5.92 Å². The minimum atomic E-state index is -3.41. The lowest BCUT2D eigenvalue weighted by atomic mass is 9.95. The molecule has 8 heteroatoms. The van der Waals surface area contributed by atoms with Crippen LogP contribution < -0.4 is 11.1 Å². The van der Waals surface area contributed by atoms with Gasteiger partial charge in [0.1, 0.15) is 0 Å². The molecule has 1 amide bonds. The third kappa shape index (κ3) is 1.71. The molecule has 1 saturated carbocycles. The number of fused-ring (bicyclic) bond motifs is 1. The lowest BCUT2D eigenvalue weighted by molar-refractivity contribution is -0.147. The molecule has 2 fully saturated rings. The summed E-state index contributed by atoms with van der Waals surface area (Å²) in [4.78, 5) is 22.8. The highest BCUT2D eigenvalue weighted by molar-refractivity contribution is 7.92. The van der Waals surface area contributed by atoms with Gasteiger partial charge in [-0.2, -0.15) is 0 Å². The molecule has 0 aromatic heterocycles. The van der Waals surface area contributed by atoms with Crippen LogP contribution in [0.1, 0.15) is 13.3 Å². The van der Waals surface area contributed by atoms with Crippen molar-refractivity contribution < 1.29 is 23.1 Å². The zero-order valence-corrected chi connectivity index (χ0v) is 10.0. The van der Waals surface area contributed by atoms with E-state index in [0.29, 0.717) is 6.42 Å². The van der Waals surface area contributed by atoms with E-state index >= 15 is 0 Å². The fourth-order valence-electron chi connectivity index (χ4n) is 2.35. The summed E-state index contributed by atoms with van der Waals surface area (Å²) < 4.78 is 23.3. The molecule has 4 atom stereocenters. The van der Waals surface area contributed by atoms with E-state index in [9.17, 15) is 23.1 Å². The Balaban J connectivity index is 2.31. The molecule has 7 nitrogen and oxygen atoms in total. The largest absolute Gasteiger partial charge is 0.479 e. The van der Waals surface area contributed by atoms with E-state index in [1.165, 1.54) is 6.92 Å². The average molecular weight is 262 g/mol. The van der Waals surface area contributed by atoms with Crippen LogP contribution in [0.5, 0.6) is 0 Å². The van der Waals surface area contributed by atoms with Gasteiger partial charge >= 0.3 is 5.97 Å². The summed E-state index contributed by atoms with van der Waals surface area (Å²) in [6, 6.07) is -0.869. The van der Waals surface area contributed by atoms with Gasteiger partial charge in [0.05, 0.1) is 17.0 Å². The molecule has 17 heavy (non-hydrogen) atoms. The summed E-state index contributed by atoms with van der Waals surface area (Å²) in [5.74, 6) is -3.01. The highest BCUT2D eigenvalue weighted by atomic mass is 32.2. The van der Waals surface area contributed by atoms with E-state index in [1.807, 2.05) is 0 Å². The second-order valence-corrected chi connectivity index (χ2v) is 6.96. The standard InChI is InChI=1S/C9H14N2O5S/c1-4(10)7(12)11-9(8(13)14)3-17(15,16)6-2-5(6)9/h4-6H,2-3,10H2,1H3,(H,11,12)(H,13,14)/t4-,5+,6-,9-/m0/s1. The Morgan fingerprint density at radius 3 is 2.41 bits per heavy atom. The molecule has 0 aromatic rings. The number of hydrogen-bond acceptors (Lipinski definition) is 5. The number of carbonyl (C=O) groups excluding carboxylic acids is 1. The van der Waals surface area contributed by atoms with Crippen LogP contribution in [0.3, 0.4) is 0 Å². The first-order valence-corrected chi connectivity index (χ1v) is 6.95. The fraction of sp³-hybridized carbons (Fsp3) is 0.778. The van der Waals surface area contributed by atoms with Gasteiger partial charge in [-0.25, -0.2) is 13.2 Å². The minimum absolute atomic E-state index is 0.299. The number of carboxylic acid groups (broad SMARTS) is 1. The molecule has 1 aliphatic carbocycles. The maximum atomic E-state index is 11.6. The van der Waals surface area contributed by atoms with E-state index < -0.39 is 50.2 Å². The smallest absolute Gasteiger partial charge is 0.330 e. The molecule has 2 aliphatic rings. The number of nitrogens with one attached hydrogen (secondary N) is 1. The second kappa shape index (κ2) is 3.42. The molecule has 1 heterocycles. The first kappa shape index (κ1) is 12.3. The molecular formula is C9H14N2O5S. The van der Waals surface area contributed by atoms with Crippen LogP contribution in [-0.2, 0) is 19.4 Å². The first-order valence-electron chi connectivity index (χ1n) is 5.23. The maximum Gasteiger partial charge on any atom is 0.330 e. The quantitative estimate of drug-likeness (QED) is 0.544. The Morgan fingerprint density at radius 2 is 2.12 bits per heavy atom. The number of rotatable bonds is 3. The Hall–Kier alpha value is -1.15. The molecule has 0 bridgehead atoms. The molecule has 4 N–H and O–H groups in total. The Labute approximate surface area is 98.3 Å². The van der Waals surface area contributed by atoms with Crippen LogP contribution in [0.2, 0.25) is 0 Å². The lowest BCUT2D eigenvalue weighted by Crippen LogP contribution is -2.60. The van der Waals surface area contributed by atoms with E-state index in [1.54, 1.807) is 0 Å². The van der Waals surface area contributed by atoms with Crippen molar-refractivity contribution in [3.63, 3.8) is 0 Å².